The number of hydrogen-bond donors (Lipinski definition) is 2. The van der Waals surface area contributed by atoms with Gasteiger partial charge in [-0.1, -0.05) is 143 Å². The minimum Gasteiger partial charge on any atom is -0.393 e. The van der Waals surface area contributed by atoms with Crippen LogP contribution < -0.4 is 0 Å². The molecule has 2 N–H and O–H groups in total. The van der Waals surface area contributed by atoms with Crippen LogP contribution in [-0.4, -0.2) is 22.4 Å². The molecule has 2 aliphatic carbocycles. The average Bonchev–Trinajstić information content (AvgIpc) is 2.69. The van der Waals surface area contributed by atoms with E-state index in [2.05, 4.69) is 27.7 Å². The summed E-state index contributed by atoms with van der Waals surface area (Å²) in [5, 5.41) is 17.1. The van der Waals surface area contributed by atoms with Crippen molar-refractivity contribution in [2.45, 2.75) is 203 Å². The first kappa shape index (κ1) is 49.5. The van der Waals surface area contributed by atoms with E-state index >= 15 is 0 Å². The third kappa shape index (κ3) is 92.1. The Labute approximate surface area is 245 Å². The van der Waals surface area contributed by atoms with Crippen molar-refractivity contribution in [3.05, 3.63) is 12.8 Å². The molecular weight excluding hydrogens is 531 g/mol. The molecule has 2 unspecified atom stereocenters. The molecule has 2 nitrogen and oxygen atoms in total. The fourth-order valence-corrected chi connectivity index (χ4v) is 3.32. The first-order valence-corrected chi connectivity index (χ1v) is 15.6. The summed E-state index contributed by atoms with van der Waals surface area (Å²) in [5.74, 6) is 0. The van der Waals surface area contributed by atoms with Crippen molar-refractivity contribution >= 4 is 0 Å². The van der Waals surface area contributed by atoms with Crippen molar-refractivity contribution in [3.63, 3.8) is 0 Å². The quantitative estimate of drug-likeness (QED) is 0.243. The fraction of sp³-hybridized carbons (Fsp3) is 0.939. The van der Waals surface area contributed by atoms with E-state index in [-0.39, 0.29) is 31.7 Å². The molecular formula is C33H74O2Rh. The molecule has 0 bridgehead atoms. The van der Waals surface area contributed by atoms with Crippen LogP contribution in [0.25, 0.3) is 0 Å². The van der Waals surface area contributed by atoms with Gasteiger partial charge in [0.05, 0.1) is 12.2 Å². The first-order chi connectivity index (χ1) is 16.8. The molecule has 2 fully saturated rings. The predicted molar refractivity (Wildman–Crippen MR) is 165 cm³/mol. The SMILES string of the molecule is C1CCCCCCC1.C1CCCCCCC1.CC(O)CC(C)O.CCC.CCC.C[CH-]C.C[CH-]C.[Rh+2]. The molecule has 2 saturated carbocycles. The van der Waals surface area contributed by atoms with Crippen molar-refractivity contribution in [1.29, 1.82) is 0 Å². The molecule has 0 amide bonds. The summed E-state index contributed by atoms with van der Waals surface area (Å²) in [6, 6.07) is 0. The number of aliphatic hydroxyl groups is 2. The van der Waals surface area contributed by atoms with Crippen LogP contribution in [-0.2, 0) is 19.5 Å². The maximum Gasteiger partial charge on any atom is 2.00 e. The van der Waals surface area contributed by atoms with Gasteiger partial charge in [0.25, 0.3) is 0 Å². The molecule has 1 radical (unpaired) electrons. The van der Waals surface area contributed by atoms with Gasteiger partial charge >= 0.3 is 19.5 Å². The van der Waals surface area contributed by atoms with E-state index in [0.717, 1.165) is 0 Å². The molecule has 0 aliphatic heterocycles. The van der Waals surface area contributed by atoms with Gasteiger partial charge in [-0.2, -0.15) is 27.7 Å². The third-order valence-corrected chi connectivity index (χ3v) is 4.68. The molecule has 3 heteroatoms. The molecule has 2 rings (SSSR count). The van der Waals surface area contributed by atoms with Crippen molar-refractivity contribution < 1.29 is 29.7 Å². The van der Waals surface area contributed by atoms with Crippen LogP contribution in [0.2, 0.25) is 0 Å². The third-order valence-electron chi connectivity index (χ3n) is 4.68. The van der Waals surface area contributed by atoms with E-state index in [4.69, 9.17) is 10.2 Å². The maximum absolute atomic E-state index is 8.56. The van der Waals surface area contributed by atoms with Crippen LogP contribution in [0.5, 0.6) is 0 Å². The molecule has 0 heterocycles. The largest absolute Gasteiger partial charge is 2.00 e. The topological polar surface area (TPSA) is 40.5 Å². The zero-order chi connectivity index (χ0) is 28.0. The molecule has 227 valence electrons. The Bertz CT molecular complexity index is 192. The molecule has 2 aliphatic rings. The van der Waals surface area contributed by atoms with Gasteiger partial charge < -0.3 is 23.1 Å². The smallest absolute Gasteiger partial charge is 0.393 e. The van der Waals surface area contributed by atoms with Crippen LogP contribution >= 0.6 is 0 Å². The van der Waals surface area contributed by atoms with Gasteiger partial charge in [-0.3, -0.25) is 0 Å². The Morgan fingerprint density at radius 3 is 0.556 bits per heavy atom. The van der Waals surface area contributed by atoms with E-state index in [1.807, 2.05) is 40.5 Å². The second-order valence-corrected chi connectivity index (χ2v) is 10.2. The molecule has 0 spiro atoms. The molecule has 2 atom stereocenters. The van der Waals surface area contributed by atoms with Crippen LogP contribution in [0.3, 0.4) is 0 Å². The molecule has 36 heavy (non-hydrogen) atoms. The molecule has 0 aromatic rings. The van der Waals surface area contributed by atoms with Gasteiger partial charge in [0, 0.05) is 0 Å². The van der Waals surface area contributed by atoms with E-state index in [9.17, 15) is 0 Å². The number of aliphatic hydroxyl groups excluding tert-OH is 2. The van der Waals surface area contributed by atoms with E-state index in [0.29, 0.717) is 6.42 Å². The van der Waals surface area contributed by atoms with Gasteiger partial charge in [-0.05, 0) is 20.3 Å². The standard InChI is InChI=1S/2C8H16.C5H12O2.2C3H8.2C3H7.Rh/c2*1-2-4-6-8-7-5-3-1;1-4(6)3-5(2)7;4*1-3-2;/h2*1-8H2;4-7H,3H2,1-2H3;2*3H2,1-2H3;2*3H,1-2H3;/q;;;;;2*-1;+2. The van der Waals surface area contributed by atoms with Crippen molar-refractivity contribution in [2.24, 2.45) is 0 Å². The van der Waals surface area contributed by atoms with Gasteiger partial charge in [0.15, 0.2) is 0 Å². The minimum absolute atomic E-state index is 0. The summed E-state index contributed by atoms with van der Waals surface area (Å²) in [6.07, 6.45) is 30.2. The maximum atomic E-state index is 8.56. The van der Waals surface area contributed by atoms with Gasteiger partial charge in [0.1, 0.15) is 0 Å². The monoisotopic (exact) mass is 605 g/mol. The second kappa shape index (κ2) is 55.9. The Morgan fingerprint density at radius 1 is 0.444 bits per heavy atom. The minimum atomic E-state index is -0.375. The van der Waals surface area contributed by atoms with Gasteiger partial charge in [0.2, 0.25) is 0 Å². The van der Waals surface area contributed by atoms with Crippen molar-refractivity contribution in [2.75, 3.05) is 0 Å². The zero-order valence-corrected chi connectivity index (χ0v) is 28.6. The van der Waals surface area contributed by atoms with Crippen molar-refractivity contribution in [1.82, 2.24) is 0 Å². The number of hydrogen-bond acceptors (Lipinski definition) is 2. The van der Waals surface area contributed by atoms with Gasteiger partial charge in [-0.15, -0.1) is 0 Å². The van der Waals surface area contributed by atoms with E-state index < -0.39 is 0 Å². The normalized spacial score (nSPS) is 16.3. The predicted octanol–water partition coefficient (Wildman–Crippen LogP) is 11.7. The van der Waals surface area contributed by atoms with Crippen LogP contribution in [0.15, 0.2) is 0 Å². The number of rotatable bonds is 2. The Morgan fingerprint density at radius 2 is 0.528 bits per heavy atom. The summed E-state index contributed by atoms with van der Waals surface area (Å²) in [4.78, 5) is 0. The van der Waals surface area contributed by atoms with Crippen LogP contribution in [0, 0.1) is 12.8 Å². The summed E-state index contributed by atoms with van der Waals surface area (Å²) in [7, 11) is 0. The van der Waals surface area contributed by atoms with Crippen LogP contribution in [0.4, 0.5) is 0 Å². The Hall–Kier alpha value is 0.543. The first-order valence-electron chi connectivity index (χ1n) is 15.6. The van der Waals surface area contributed by atoms with Crippen molar-refractivity contribution in [3.8, 4) is 0 Å². The van der Waals surface area contributed by atoms with E-state index in [1.165, 1.54) is 116 Å². The summed E-state index contributed by atoms with van der Waals surface area (Å²) < 4.78 is 0. The van der Waals surface area contributed by atoms with Crippen LogP contribution in [0.1, 0.15) is 191 Å². The Kier molecular flexibility index (Phi) is 76.8. The summed E-state index contributed by atoms with van der Waals surface area (Å²) in [6.45, 7) is 19.8. The second-order valence-electron chi connectivity index (χ2n) is 10.2. The molecule has 0 saturated heterocycles. The van der Waals surface area contributed by atoms with Gasteiger partial charge in [-0.25, -0.2) is 0 Å². The average molecular weight is 606 g/mol. The summed E-state index contributed by atoms with van der Waals surface area (Å²) in [5.41, 5.74) is 0. The zero-order valence-electron chi connectivity index (χ0n) is 27.0. The van der Waals surface area contributed by atoms with E-state index in [1.54, 1.807) is 13.8 Å². The summed E-state index contributed by atoms with van der Waals surface area (Å²) >= 11 is 0. The molecule has 0 aromatic heterocycles. The molecule has 0 aromatic carbocycles. The fourth-order valence-electron chi connectivity index (χ4n) is 3.32. The Balaban J connectivity index is -0.0000000766.